The van der Waals surface area contributed by atoms with E-state index in [-0.39, 0.29) is 0 Å². The van der Waals surface area contributed by atoms with Crippen LogP contribution in [0.1, 0.15) is 37.9 Å². The van der Waals surface area contributed by atoms with Crippen molar-refractivity contribution in [2.24, 2.45) is 5.92 Å². The minimum atomic E-state index is 0.647. The van der Waals surface area contributed by atoms with E-state index in [1.807, 2.05) is 0 Å². The number of nitrogens with zero attached hydrogens (tertiary/aromatic N) is 4. The van der Waals surface area contributed by atoms with Crippen LogP contribution in [0.2, 0.25) is 0 Å². The fraction of sp³-hybridized carbons (Fsp3) is 0.667. The van der Waals surface area contributed by atoms with Gasteiger partial charge in [0.2, 0.25) is 0 Å². The van der Waals surface area contributed by atoms with E-state index in [1.165, 1.54) is 11.5 Å². The third kappa shape index (κ3) is 4.02. The Kier molecular flexibility index (Phi) is 5.35. The molecule has 0 saturated heterocycles. The molecule has 2 aromatic rings. The van der Waals surface area contributed by atoms with Crippen LogP contribution in [0.15, 0.2) is 0 Å². The van der Waals surface area contributed by atoms with Crippen molar-refractivity contribution in [3.05, 3.63) is 10.7 Å². The Balaban J connectivity index is 2.01. The molecule has 19 heavy (non-hydrogen) atoms. The van der Waals surface area contributed by atoms with E-state index in [2.05, 4.69) is 45.9 Å². The lowest BCUT2D eigenvalue weighted by molar-refractivity contribution is 0.550. The molecule has 0 aliphatic rings. The van der Waals surface area contributed by atoms with Gasteiger partial charge in [-0.3, -0.25) is 0 Å². The first-order valence-electron chi connectivity index (χ1n) is 6.55. The van der Waals surface area contributed by atoms with Gasteiger partial charge >= 0.3 is 0 Å². The maximum atomic E-state index is 4.26. The largest absolute Gasteiger partial charge is 0.310 e. The van der Waals surface area contributed by atoms with Crippen molar-refractivity contribution in [2.45, 2.75) is 40.2 Å². The molecule has 2 heterocycles. The van der Waals surface area contributed by atoms with Gasteiger partial charge in [-0.15, -0.1) is 15.3 Å². The first kappa shape index (κ1) is 14.5. The van der Waals surface area contributed by atoms with Crippen molar-refractivity contribution in [3.8, 4) is 9.88 Å². The van der Waals surface area contributed by atoms with Gasteiger partial charge in [0.15, 0.2) is 5.01 Å². The maximum absolute atomic E-state index is 4.26. The molecule has 0 aliphatic heterocycles. The highest BCUT2D eigenvalue weighted by Crippen LogP contribution is 2.29. The van der Waals surface area contributed by atoms with Crippen LogP contribution in [0.4, 0.5) is 0 Å². The molecule has 5 nitrogen and oxygen atoms in total. The Hall–Kier alpha value is -0.920. The number of hydrogen-bond acceptors (Lipinski definition) is 7. The molecule has 2 aromatic heterocycles. The second-order valence-corrected chi connectivity index (χ2v) is 6.64. The molecular weight excluding hydrogens is 278 g/mol. The number of rotatable bonds is 7. The second-order valence-electron chi connectivity index (χ2n) is 4.82. The first-order valence-corrected chi connectivity index (χ1v) is 8.14. The zero-order valence-corrected chi connectivity index (χ0v) is 13.1. The number of aromatic nitrogens is 4. The van der Waals surface area contributed by atoms with E-state index < -0.39 is 0 Å². The lowest BCUT2D eigenvalue weighted by Gasteiger charge is -2.03. The molecule has 104 valence electrons. The SMILES string of the molecule is CCCc1nnsc1-c1nnc(CNCC(C)C)s1. The van der Waals surface area contributed by atoms with Gasteiger partial charge < -0.3 is 5.32 Å². The van der Waals surface area contributed by atoms with Crippen LogP contribution >= 0.6 is 22.9 Å². The molecular formula is C12H19N5S2. The molecule has 7 heteroatoms. The lowest BCUT2D eigenvalue weighted by Crippen LogP contribution is -2.18. The summed E-state index contributed by atoms with van der Waals surface area (Å²) in [6.07, 6.45) is 2.02. The van der Waals surface area contributed by atoms with Gasteiger partial charge in [-0.25, -0.2) is 0 Å². The third-order valence-electron chi connectivity index (χ3n) is 2.53. The van der Waals surface area contributed by atoms with Crippen molar-refractivity contribution in [1.82, 2.24) is 25.1 Å². The van der Waals surface area contributed by atoms with E-state index >= 15 is 0 Å². The average Bonchev–Trinajstić information content (AvgIpc) is 2.97. The number of aryl methyl sites for hydroxylation is 1. The van der Waals surface area contributed by atoms with Crippen LogP contribution in [0.5, 0.6) is 0 Å². The fourth-order valence-electron chi connectivity index (χ4n) is 1.66. The highest BCUT2D eigenvalue weighted by molar-refractivity contribution is 7.19. The molecule has 0 aliphatic carbocycles. The fourth-order valence-corrected chi connectivity index (χ4v) is 3.25. The van der Waals surface area contributed by atoms with Crippen molar-refractivity contribution in [3.63, 3.8) is 0 Å². The van der Waals surface area contributed by atoms with Crippen LogP contribution in [0, 0.1) is 5.92 Å². The van der Waals surface area contributed by atoms with E-state index in [1.54, 1.807) is 11.3 Å². The number of hydrogen-bond donors (Lipinski definition) is 1. The first-order chi connectivity index (χ1) is 9.20. The molecule has 0 atom stereocenters. The standard InChI is InChI=1S/C12H19N5S2/c1-4-5-9-11(19-17-14-9)12-16-15-10(18-12)7-13-6-8(2)3/h8,13H,4-7H2,1-3H3. The van der Waals surface area contributed by atoms with Crippen LogP contribution < -0.4 is 5.32 Å². The Bertz CT molecular complexity index is 506. The average molecular weight is 297 g/mol. The highest BCUT2D eigenvalue weighted by Gasteiger charge is 2.14. The normalized spacial score (nSPS) is 11.4. The molecule has 0 bridgehead atoms. The number of nitrogens with one attached hydrogen (secondary N) is 1. The van der Waals surface area contributed by atoms with Gasteiger partial charge in [0.1, 0.15) is 9.88 Å². The van der Waals surface area contributed by atoms with Crippen molar-refractivity contribution >= 4 is 22.9 Å². The zero-order chi connectivity index (χ0) is 13.7. The summed E-state index contributed by atoms with van der Waals surface area (Å²) < 4.78 is 4.03. The maximum Gasteiger partial charge on any atom is 0.161 e. The van der Waals surface area contributed by atoms with E-state index in [9.17, 15) is 0 Å². The van der Waals surface area contributed by atoms with E-state index in [4.69, 9.17) is 0 Å². The van der Waals surface area contributed by atoms with E-state index in [0.717, 1.165) is 46.5 Å². The van der Waals surface area contributed by atoms with Crippen molar-refractivity contribution in [1.29, 1.82) is 0 Å². The van der Waals surface area contributed by atoms with E-state index in [0.29, 0.717) is 5.92 Å². The quantitative estimate of drug-likeness (QED) is 0.851. The van der Waals surface area contributed by atoms with Crippen molar-refractivity contribution < 1.29 is 0 Å². The van der Waals surface area contributed by atoms with Gasteiger partial charge in [0, 0.05) is 6.54 Å². The monoisotopic (exact) mass is 297 g/mol. The summed E-state index contributed by atoms with van der Waals surface area (Å²) in [5, 5.41) is 18.0. The van der Waals surface area contributed by atoms with Crippen LogP contribution in [-0.4, -0.2) is 26.3 Å². The molecule has 0 radical (unpaired) electrons. The topological polar surface area (TPSA) is 63.6 Å². The molecule has 0 spiro atoms. The van der Waals surface area contributed by atoms with Gasteiger partial charge in [-0.1, -0.05) is 43.0 Å². The van der Waals surface area contributed by atoms with Crippen LogP contribution in [0.3, 0.4) is 0 Å². The summed E-state index contributed by atoms with van der Waals surface area (Å²) in [4.78, 5) is 1.08. The van der Waals surface area contributed by atoms with Crippen LogP contribution in [0.25, 0.3) is 9.88 Å². The third-order valence-corrected chi connectivity index (χ3v) is 4.38. The highest BCUT2D eigenvalue weighted by atomic mass is 32.1. The summed E-state index contributed by atoms with van der Waals surface area (Å²) in [6, 6.07) is 0. The summed E-state index contributed by atoms with van der Waals surface area (Å²) >= 11 is 3.04. The summed E-state index contributed by atoms with van der Waals surface area (Å²) in [7, 11) is 0. The zero-order valence-electron chi connectivity index (χ0n) is 11.5. The molecule has 0 saturated carbocycles. The predicted octanol–water partition coefficient (Wildman–Crippen LogP) is 2.75. The van der Waals surface area contributed by atoms with Crippen molar-refractivity contribution in [2.75, 3.05) is 6.54 Å². The summed E-state index contributed by atoms with van der Waals surface area (Å²) in [6.45, 7) is 8.31. The Morgan fingerprint density at radius 2 is 2.05 bits per heavy atom. The Morgan fingerprint density at radius 1 is 1.21 bits per heavy atom. The predicted molar refractivity (Wildman–Crippen MR) is 79.4 cm³/mol. The molecule has 0 unspecified atom stereocenters. The van der Waals surface area contributed by atoms with Gasteiger partial charge in [-0.05, 0) is 30.4 Å². The Labute approximate surface area is 121 Å². The summed E-state index contributed by atoms with van der Waals surface area (Å²) in [5.41, 5.74) is 1.05. The van der Waals surface area contributed by atoms with Gasteiger partial charge in [-0.2, -0.15) is 0 Å². The minimum Gasteiger partial charge on any atom is -0.310 e. The van der Waals surface area contributed by atoms with Crippen LogP contribution in [-0.2, 0) is 13.0 Å². The lowest BCUT2D eigenvalue weighted by atomic mass is 10.2. The molecule has 0 aromatic carbocycles. The molecule has 0 fully saturated rings. The molecule has 2 rings (SSSR count). The van der Waals surface area contributed by atoms with Gasteiger partial charge in [0.25, 0.3) is 0 Å². The smallest absolute Gasteiger partial charge is 0.161 e. The second kappa shape index (κ2) is 7.02. The van der Waals surface area contributed by atoms with Gasteiger partial charge in [0.05, 0.1) is 5.69 Å². The molecule has 1 N–H and O–H groups in total. The minimum absolute atomic E-state index is 0.647. The molecule has 0 amide bonds. The Morgan fingerprint density at radius 3 is 2.79 bits per heavy atom. The summed E-state index contributed by atoms with van der Waals surface area (Å²) in [5.74, 6) is 0.647.